The Labute approximate surface area is 122 Å². The first-order chi connectivity index (χ1) is 9.56. The number of hydrogen-bond acceptors (Lipinski definition) is 3. The lowest BCUT2D eigenvalue weighted by Crippen LogP contribution is -2.51. The number of likely N-dealkylation sites (tertiary alicyclic amines) is 1. The van der Waals surface area contributed by atoms with Crippen molar-refractivity contribution in [1.82, 2.24) is 10.2 Å². The van der Waals surface area contributed by atoms with Crippen LogP contribution in [0.5, 0.6) is 0 Å². The highest BCUT2D eigenvalue weighted by Crippen LogP contribution is 2.23. The van der Waals surface area contributed by atoms with Gasteiger partial charge >= 0.3 is 0 Å². The maximum Gasteiger partial charge on any atom is 0.234 e. The van der Waals surface area contributed by atoms with E-state index in [-0.39, 0.29) is 18.1 Å². The average Bonchev–Trinajstić information content (AvgIpc) is 2.41. The summed E-state index contributed by atoms with van der Waals surface area (Å²) in [6.07, 6.45) is 7.64. The Hall–Kier alpha value is -0.610. The molecule has 2 rings (SSSR count). The topological polar surface area (TPSA) is 52.6 Å². The standard InChI is InChI=1S/C16H30N2O2/c1-12-6-8-14(9-7-12)17-16(20)11-18-10-4-3-5-15(18)13(2)19/h12-15,19H,3-11H2,1-2H3,(H,17,20). The summed E-state index contributed by atoms with van der Waals surface area (Å²) in [7, 11) is 0. The predicted octanol–water partition coefficient (Wildman–Crippen LogP) is 1.92. The highest BCUT2D eigenvalue weighted by molar-refractivity contribution is 5.78. The number of rotatable bonds is 4. The van der Waals surface area contributed by atoms with Crippen LogP contribution in [0.15, 0.2) is 0 Å². The molecule has 116 valence electrons. The molecule has 0 aromatic rings. The largest absolute Gasteiger partial charge is 0.392 e. The molecule has 2 aliphatic rings. The molecule has 2 atom stereocenters. The first-order valence-corrected chi connectivity index (χ1v) is 8.27. The third-order valence-corrected chi connectivity index (χ3v) is 4.95. The average molecular weight is 282 g/mol. The fourth-order valence-electron chi connectivity index (χ4n) is 3.62. The molecule has 1 heterocycles. The Kier molecular flexibility index (Phi) is 5.85. The summed E-state index contributed by atoms with van der Waals surface area (Å²) < 4.78 is 0. The normalized spacial score (nSPS) is 33.6. The summed E-state index contributed by atoms with van der Waals surface area (Å²) in [5.74, 6) is 0.946. The molecule has 4 heteroatoms. The number of hydrogen-bond donors (Lipinski definition) is 2. The molecule has 0 bridgehead atoms. The van der Waals surface area contributed by atoms with Gasteiger partial charge in [0.2, 0.25) is 5.91 Å². The monoisotopic (exact) mass is 282 g/mol. The second kappa shape index (κ2) is 7.41. The van der Waals surface area contributed by atoms with Crippen molar-refractivity contribution in [3.63, 3.8) is 0 Å². The number of amides is 1. The van der Waals surface area contributed by atoms with E-state index < -0.39 is 0 Å². The molecule has 0 radical (unpaired) electrons. The minimum absolute atomic E-state index is 0.136. The smallest absolute Gasteiger partial charge is 0.234 e. The van der Waals surface area contributed by atoms with Crippen LogP contribution < -0.4 is 5.32 Å². The van der Waals surface area contributed by atoms with Crippen molar-refractivity contribution in [3.8, 4) is 0 Å². The van der Waals surface area contributed by atoms with E-state index in [0.717, 1.165) is 44.6 Å². The fraction of sp³-hybridized carbons (Fsp3) is 0.938. The van der Waals surface area contributed by atoms with E-state index in [0.29, 0.717) is 12.6 Å². The molecular weight excluding hydrogens is 252 g/mol. The summed E-state index contributed by atoms with van der Waals surface area (Å²) >= 11 is 0. The minimum Gasteiger partial charge on any atom is -0.392 e. The molecule has 4 nitrogen and oxygen atoms in total. The SMILES string of the molecule is CC1CCC(NC(=O)CN2CCCCC2C(C)O)CC1. The zero-order valence-corrected chi connectivity index (χ0v) is 13.0. The van der Waals surface area contributed by atoms with Crippen molar-refractivity contribution < 1.29 is 9.90 Å². The Morgan fingerprint density at radius 1 is 1.25 bits per heavy atom. The van der Waals surface area contributed by atoms with Crippen LogP contribution in [0.3, 0.4) is 0 Å². The Balaban J connectivity index is 1.78. The lowest BCUT2D eigenvalue weighted by molar-refractivity contribution is -0.124. The van der Waals surface area contributed by atoms with Crippen LogP contribution in [-0.2, 0) is 4.79 Å². The summed E-state index contributed by atoms with van der Waals surface area (Å²) in [6.45, 7) is 5.51. The van der Waals surface area contributed by atoms with E-state index in [1.165, 1.54) is 12.8 Å². The third kappa shape index (κ3) is 4.45. The van der Waals surface area contributed by atoms with E-state index in [9.17, 15) is 9.90 Å². The molecule has 20 heavy (non-hydrogen) atoms. The molecule has 1 aliphatic heterocycles. The summed E-state index contributed by atoms with van der Waals surface area (Å²) in [4.78, 5) is 14.4. The summed E-state index contributed by atoms with van der Waals surface area (Å²) in [5.41, 5.74) is 0. The zero-order chi connectivity index (χ0) is 14.5. The highest BCUT2D eigenvalue weighted by atomic mass is 16.3. The van der Waals surface area contributed by atoms with Crippen LogP contribution >= 0.6 is 0 Å². The van der Waals surface area contributed by atoms with E-state index in [2.05, 4.69) is 17.1 Å². The van der Waals surface area contributed by atoms with Gasteiger partial charge < -0.3 is 10.4 Å². The van der Waals surface area contributed by atoms with Crippen molar-refractivity contribution >= 4 is 5.91 Å². The van der Waals surface area contributed by atoms with Gasteiger partial charge in [0.05, 0.1) is 12.6 Å². The number of piperidine rings is 1. The molecule has 2 fully saturated rings. The summed E-state index contributed by atoms with van der Waals surface area (Å²) in [5, 5.41) is 13.0. The van der Waals surface area contributed by atoms with Crippen molar-refractivity contribution in [2.24, 2.45) is 5.92 Å². The van der Waals surface area contributed by atoms with E-state index in [4.69, 9.17) is 0 Å². The van der Waals surface area contributed by atoms with Gasteiger partial charge in [0.1, 0.15) is 0 Å². The molecule has 0 spiro atoms. The molecule has 1 saturated carbocycles. The van der Waals surface area contributed by atoms with Crippen LogP contribution in [0.1, 0.15) is 58.8 Å². The molecular formula is C16H30N2O2. The predicted molar refractivity (Wildman–Crippen MR) is 80.5 cm³/mol. The summed E-state index contributed by atoms with van der Waals surface area (Å²) in [6, 6.07) is 0.523. The number of aliphatic hydroxyl groups excluding tert-OH is 1. The van der Waals surface area contributed by atoms with Crippen molar-refractivity contribution in [2.75, 3.05) is 13.1 Å². The first kappa shape index (κ1) is 15.8. The second-order valence-corrected chi connectivity index (χ2v) is 6.80. The van der Waals surface area contributed by atoms with Crippen molar-refractivity contribution in [3.05, 3.63) is 0 Å². The second-order valence-electron chi connectivity index (χ2n) is 6.80. The Morgan fingerprint density at radius 3 is 2.60 bits per heavy atom. The van der Waals surface area contributed by atoms with Gasteiger partial charge in [-0.1, -0.05) is 13.3 Å². The molecule has 1 amide bonds. The van der Waals surface area contributed by atoms with Crippen molar-refractivity contribution in [1.29, 1.82) is 0 Å². The van der Waals surface area contributed by atoms with Gasteiger partial charge in [-0.2, -0.15) is 0 Å². The van der Waals surface area contributed by atoms with E-state index >= 15 is 0 Å². The fourth-order valence-corrected chi connectivity index (χ4v) is 3.62. The first-order valence-electron chi connectivity index (χ1n) is 8.27. The molecule has 2 unspecified atom stereocenters. The maximum absolute atomic E-state index is 12.2. The van der Waals surface area contributed by atoms with Crippen LogP contribution in [0.2, 0.25) is 0 Å². The lowest BCUT2D eigenvalue weighted by atomic mass is 9.87. The van der Waals surface area contributed by atoms with E-state index in [1.807, 2.05) is 6.92 Å². The third-order valence-electron chi connectivity index (χ3n) is 4.95. The van der Waals surface area contributed by atoms with Crippen LogP contribution in [-0.4, -0.2) is 47.2 Å². The molecule has 1 aliphatic carbocycles. The van der Waals surface area contributed by atoms with Crippen LogP contribution in [0.25, 0.3) is 0 Å². The van der Waals surface area contributed by atoms with Gasteiger partial charge in [0.25, 0.3) is 0 Å². The number of aliphatic hydroxyl groups is 1. The van der Waals surface area contributed by atoms with Gasteiger partial charge in [-0.3, -0.25) is 9.69 Å². The Morgan fingerprint density at radius 2 is 1.95 bits per heavy atom. The minimum atomic E-state index is -0.348. The highest BCUT2D eigenvalue weighted by Gasteiger charge is 2.28. The van der Waals surface area contributed by atoms with Gasteiger partial charge in [-0.05, 0) is 57.9 Å². The van der Waals surface area contributed by atoms with Gasteiger partial charge in [-0.15, -0.1) is 0 Å². The number of carbonyl (C=O) groups excluding carboxylic acids is 1. The van der Waals surface area contributed by atoms with Crippen LogP contribution in [0, 0.1) is 5.92 Å². The zero-order valence-electron chi connectivity index (χ0n) is 13.0. The number of nitrogens with one attached hydrogen (secondary N) is 1. The molecule has 0 aromatic carbocycles. The van der Waals surface area contributed by atoms with Gasteiger partial charge in [0, 0.05) is 12.1 Å². The molecule has 2 N–H and O–H groups in total. The Bertz CT molecular complexity index is 312. The maximum atomic E-state index is 12.2. The number of carbonyl (C=O) groups is 1. The molecule has 0 aromatic heterocycles. The quantitative estimate of drug-likeness (QED) is 0.828. The van der Waals surface area contributed by atoms with Gasteiger partial charge in [0.15, 0.2) is 0 Å². The van der Waals surface area contributed by atoms with E-state index in [1.54, 1.807) is 0 Å². The van der Waals surface area contributed by atoms with Crippen molar-refractivity contribution in [2.45, 2.75) is 77.0 Å². The number of nitrogens with zero attached hydrogens (tertiary/aromatic N) is 1. The molecule has 1 saturated heterocycles. The van der Waals surface area contributed by atoms with Gasteiger partial charge in [-0.25, -0.2) is 0 Å². The lowest BCUT2D eigenvalue weighted by Gasteiger charge is -2.37. The van der Waals surface area contributed by atoms with Crippen LogP contribution in [0.4, 0.5) is 0 Å².